The quantitative estimate of drug-likeness (QED) is 0.513. The van der Waals surface area contributed by atoms with Crippen LogP contribution in [0.1, 0.15) is 31.9 Å². The Morgan fingerprint density at radius 1 is 1.33 bits per heavy atom. The number of phenolic OH excluding ortho intramolecular Hbond substituents is 2. The number of allylic oxidation sites excluding steroid dienone is 1. The summed E-state index contributed by atoms with van der Waals surface area (Å²) in [7, 11) is 0. The molecule has 2 amide bonds. The maximum atomic E-state index is 12.4. The third kappa shape index (κ3) is 3.51. The molecule has 0 aliphatic carbocycles. The predicted molar refractivity (Wildman–Crippen MR) is 93.5 cm³/mol. The Labute approximate surface area is 155 Å². The minimum Gasteiger partial charge on any atom is -0.506 e. The summed E-state index contributed by atoms with van der Waals surface area (Å²) in [5.41, 5.74) is 0.761. The molecule has 9 heteroatoms. The number of nitrogens with one attached hydrogen (secondary N) is 2. The molecule has 0 spiro atoms. The molecule has 0 fully saturated rings. The standard InChI is InChI=1S/C15H16Br2N2O5/c1-3-4-24-14(22)9-6(2)18-15(23)19-11(9)7-5-8(16)13(21)10(17)12(7)20/h5,11,20-21H,3-4H2,1-2H3,(H2,18,19,23). The summed E-state index contributed by atoms with van der Waals surface area (Å²) in [5.74, 6) is -1.06. The second kappa shape index (κ2) is 7.43. The Morgan fingerprint density at radius 2 is 2.00 bits per heavy atom. The van der Waals surface area contributed by atoms with Gasteiger partial charge in [-0.2, -0.15) is 0 Å². The van der Waals surface area contributed by atoms with Crippen molar-refractivity contribution in [3.8, 4) is 11.5 Å². The smallest absolute Gasteiger partial charge is 0.338 e. The highest BCUT2D eigenvalue weighted by Crippen LogP contribution is 2.45. The van der Waals surface area contributed by atoms with Crippen LogP contribution in [-0.2, 0) is 9.53 Å². The van der Waals surface area contributed by atoms with E-state index in [1.54, 1.807) is 6.92 Å². The van der Waals surface area contributed by atoms with Gasteiger partial charge in [-0.25, -0.2) is 9.59 Å². The molecule has 0 saturated heterocycles. The molecule has 0 radical (unpaired) electrons. The van der Waals surface area contributed by atoms with E-state index in [9.17, 15) is 19.8 Å². The Kier molecular flexibility index (Phi) is 5.76. The lowest BCUT2D eigenvalue weighted by Crippen LogP contribution is -2.45. The number of rotatable bonds is 4. The Bertz CT molecular complexity index is 733. The van der Waals surface area contributed by atoms with E-state index in [-0.39, 0.29) is 33.7 Å². The summed E-state index contributed by atoms with van der Waals surface area (Å²) in [6.07, 6.45) is 0.657. The molecule has 0 bridgehead atoms. The minimum absolute atomic E-state index is 0.0542. The molecule has 1 heterocycles. The van der Waals surface area contributed by atoms with Crippen LogP contribution >= 0.6 is 31.9 Å². The summed E-state index contributed by atoms with van der Waals surface area (Å²) in [5, 5.41) is 25.3. The van der Waals surface area contributed by atoms with Gasteiger partial charge in [0.1, 0.15) is 16.0 Å². The van der Waals surface area contributed by atoms with Gasteiger partial charge in [-0.05, 0) is 51.3 Å². The van der Waals surface area contributed by atoms with Gasteiger partial charge in [0.15, 0.2) is 0 Å². The van der Waals surface area contributed by atoms with Crippen molar-refractivity contribution in [2.75, 3.05) is 6.61 Å². The zero-order valence-electron chi connectivity index (χ0n) is 12.9. The van der Waals surface area contributed by atoms with Gasteiger partial charge in [0.2, 0.25) is 0 Å². The molecule has 2 rings (SSSR count). The highest BCUT2D eigenvalue weighted by atomic mass is 79.9. The van der Waals surface area contributed by atoms with Gasteiger partial charge in [-0.15, -0.1) is 0 Å². The number of halogens is 2. The summed E-state index contributed by atoms with van der Waals surface area (Å²) >= 11 is 6.26. The Balaban J connectivity index is 2.55. The van der Waals surface area contributed by atoms with Crippen molar-refractivity contribution >= 4 is 43.9 Å². The maximum Gasteiger partial charge on any atom is 0.338 e. The summed E-state index contributed by atoms with van der Waals surface area (Å²) in [4.78, 5) is 24.2. The van der Waals surface area contributed by atoms with E-state index >= 15 is 0 Å². The number of carbonyl (C=O) groups excluding carboxylic acids is 2. The lowest BCUT2D eigenvalue weighted by molar-refractivity contribution is -0.139. The van der Waals surface area contributed by atoms with E-state index < -0.39 is 18.0 Å². The summed E-state index contributed by atoms with van der Waals surface area (Å²) in [6, 6.07) is 0.00655. The number of ether oxygens (including phenoxy) is 1. The number of benzene rings is 1. The van der Waals surface area contributed by atoms with E-state index in [2.05, 4.69) is 42.5 Å². The number of carbonyl (C=O) groups is 2. The van der Waals surface area contributed by atoms with Crippen LogP contribution in [0.3, 0.4) is 0 Å². The molecule has 0 aromatic heterocycles. The van der Waals surface area contributed by atoms with Crippen molar-refractivity contribution in [2.24, 2.45) is 0 Å². The van der Waals surface area contributed by atoms with Crippen molar-refractivity contribution < 1.29 is 24.5 Å². The number of aromatic hydroxyl groups is 2. The second-order valence-electron chi connectivity index (χ2n) is 5.16. The highest BCUT2D eigenvalue weighted by Gasteiger charge is 2.35. The van der Waals surface area contributed by atoms with Gasteiger partial charge >= 0.3 is 12.0 Å². The Hall–Kier alpha value is -1.74. The van der Waals surface area contributed by atoms with Crippen LogP contribution in [0.2, 0.25) is 0 Å². The number of hydrogen-bond acceptors (Lipinski definition) is 5. The van der Waals surface area contributed by atoms with Gasteiger partial charge in [0, 0.05) is 11.3 Å². The average Bonchev–Trinajstić information content (AvgIpc) is 2.53. The number of esters is 1. The average molecular weight is 464 g/mol. The van der Waals surface area contributed by atoms with E-state index in [4.69, 9.17) is 4.74 Å². The molecule has 1 aliphatic rings. The third-order valence-corrected chi connectivity index (χ3v) is 4.79. The fraction of sp³-hybridized carbons (Fsp3) is 0.333. The third-order valence-electron chi connectivity index (χ3n) is 3.44. The van der Waals surface area contributed by atoms with Gasteiger partial charge in [0.05, 0.1) is 22.7 Å². The zero-order chi connectivity index (χ0) is 18.0. The van der Waals surface area contributed by atoms with Crippen LogP contribution in [0.4, 0.5) is 4.79 Å². The monoisotopic (exact) mass is 462 g/mol. The minimum atomic E-state index is -0.920. The first kappa shape index (κ1) is 18.6. The maximum absolute atomic E-state index is 12.4. The molecule has 1 aromatic carbocycles. The van der Waals surface area contributed by atoms with Crippen LogP contribution in [0.25, 0.3) is 0 Å². The van der Waals surface area contributed by atoms with Crippen molar-refractivity contribution in [1.29, 1.82) is 0 Å². The van der Waals surface area contributed by atoms with Crippen LogP contribution in [0.15, 0.2) is 26.3 Å². The summed E-state index contributed by atoms with van der Waals surface area (Å²) < 4.78 is 5.52. The van der Waals surface area contributed by atoms with E-state index in [0.29, 0.717) is 16.6 Å². The van der Waals surface area contributed by atoms with Crippen LogP contribution < -0.4 is 10.6 Å². The number of amides is 2. The molecule has 1 aliphatic heterocycles. The van der Waals surface area contributed by atoms with Gasteiger partial charge in [0.25, 0.3) is 0 Å². The van der Waals surface area contributed by atoms with E-state index in [0.717, 1.165) is 0 Å². The number of urea groups is 1. The lowest BCUT2D eigenvalue weighted by atomic mass is 9.94. The van der Waals surface area contributed by atoms with Gasteiger partial charge in [-0.1, -0.05) is 6.92 Å². The van der Waals surface area contributed by atoms with Crippen LogP contribution in [0.5, 0.6) is 11.5 Å². The fourth-order valence-corrected chi connectivity index (χ4v) is 3.46. The zero-order valence-corrected chi connectivity index (χ0v) is 16.1. The molecule has 1 unspecified atom stereocenters. The molecule has 4 N–H and O–H groups in total. The molecular formula is C15H16Br2N2O5. The molecular weight excluding hydrogens is 448 g/mol. The predicted octanol–water partition coefficient (Wildman–Crippen LogP) is 3.20. The summed E-state index contributed by atoms with van der Waals surface area (Å²) in [6.45, 7) is 3.69. The largest absolute Gasteiger partial charge is 0.506 e. The van der Waals surface area contributed by atoms with Crippen LogP contribution in [0, 0.1) is 0 Å². The van der Waals surface area contributed by atoms with Crippen molar-refractivity contribution in [3.05, 3.63) is 31.8 Å². The number of phenols is 2. The normalized spacial score (nSPS) is 17.3. The van der Waals surface area contributed by atoms with Crippen molar-refractivity contribution in [3.63, 3.8) is 0 Å². The molecule has 1 aromatic rings. The molecule has 1 atom stereocenters. The highest BCUT2D eigenvalue weighted by molar-refractivity contribution is 9.11. The Morgan fingerprint density at radius 3 is 2.62 bits per heavy atom. The van der Waals surface area contributed by atoms with Gasteiger partial charge < -0.3 is 25.6 Å². The fourth-order valence-electron chi connectivity index (χ4n) is 2.31. The second-order valence-corrected chi connectivity index (χ2v) is 6.81. The molecule has 7 nitrogen and oxygen atoms in total. The first-order valence-corrected chi connectivity index (χ1v) is 8.71. The van der Waals surface area contributed by atoms with Crippen LogP contribution in [-0.4, -0.2) is 28.8 Å². The van der Waals surface area contributed by atoms with E-state index in [1.165, 1.54) is 6.07 Å². The topological polar surface area (TPSA) is 108 Å². The molecule has 24 heavy (non-hydrogen) atoms. The van der Waals surface area contributed by atoms with Crippen molar-refractivity contribution in [1.82, 2.24) is 10.6 Å². The van der Waals surface area contributed by atoms with E-state index in [1.807, 2.05) is 6.92 Å². The molecule has 0 saturated carbocycles. The lowest BCUT2D eigenvalue weighted by Gasteiger charge is -2.29. The first-order valence-electron chi connectivity index (χ1n) is 7.13. The SMILES string of the molecule is CCCOC(=O)C1=C(C)NC(=O)NC1c1cc(Br)c(O)c(Br)c1O. The first-order chi connectivity index (χ1) is 11.3. The molecule has 130 valence electrons. The van der Waals surface area contributed by atoms with Crippen molar-refractivity contribution in [2.45, 2.75) is 26.3 Å². The number of hydrogen-bond donors (Lipinski definition) is 4. The van der Waals surface area contributed by atoms with Gasteiger partial charge in [-0.3, -0.25) is 0 Å².